The summed E-state index contributed by atoms with van der Waals surface area (Å²) in [6.45, 7) is 7.71. The minimum atomic E-state index is 0.369. The first-order valence-corrected chi connectivity index (χ1v) is 8.02. The zero-order valence-corrected chi connectivity index (χ0v) is 13.3. The molecule has 112 valence electrons. The van der Waals surface area contributed by atoms with Crippen molar-refractivity contribution in [1.82, 2.24) is 9.78 Å². The van der Waals surface area contributed by atoms with Gasteiger partial charge in [-0.2, -0.15) is 5.10 Å². The molecular formula is C18H25N3. The third-order valence-corrected chi connectivity index (χ3v) is 4.21. The van der Waals surface area contributed by atoms with E-state index in [1.165, 1.54) is 29.1 Å². The molecule has 0 aliphatic carbocycles. The van der Waals surface area contributed by atoms with Gasteiger partial charge in [-0.3, -0.25) is 0 Å². The summed E-state index contributed by atoms with van der Waals surface area (Å²) in [4.78, 5) is 0. The van der Waals surface area contributed by atoms with Crippen LogP contribution in [0.1, 0.15) is 49.6 Å². The molecule has 0 saturated carbocycles. The van der Waals surface area contributed by atoms with Crippen molar-refractivity contribution in [2.24, 2.45) is 5.92 Å². The van der Waals surface area contributed by atoms with E-state index in [0.717, 1.165) is 25.3 Å². The predicted octanol–water partition coefficient (Wildman–Crippen LogP) is 4.19. The van der Waals surface area contributed by atoms with E-state index >= 15 is 0 Å². The van der Waals surface area contributed by atoms with Gasteiger partial charge in [0.25, 0.3) is 0 Å². The Labute approximate surface area is 127 Å². The summed E-state index contributed by atoms with van der Waals surface area (Å²) in [6.07, 6.45) is 3.37. The van der Waals surface area contributed by atoms with Crippen LogP contribution in [0, 0.1) is 12.8 Å². The second-order valence-electron chi connectivity index (χ2n) is 6.54. The summed E-state index contributed by atoms with van der Waals surface area (Å²) >= 11 is 0. The smallest absolute Gasteiger partial charge is 0.125 e. The van der Waals surface area contributed by atoms with E-state index in [0.29, 0.717) is 6.04 Å². The number of rotatable bonds is 4. The second kappa shape index (κ2) is 5.92. The lowest BCUT2D eigenvalue weighted by molar-refractivity contribution is 0.474. The Kier molecular flexibility index (Phi) is 4.00. The summed E-state index contributed by atoms with van der Waals surface area (Å²) in [6, 6.07) is 11.4. The van der Waals surface area contributed by atoms with Crippen LogP contribution in [0.15, 0.2) is 30.3 Å². The van der Waals surface area contributed by atoms with Crippen LogP contribution in [-0.2, 0) is 6.42 Å². The van der Waals surface area contributed by atoms with Crippen molar-refractivity contribution in [1.29, 1.82) is 0 Å². The van der Waals surface area contributed by atoms with Crippen molar-refractivity contribution in [2.75, 3.05) is 11.9 Å². The molecule has 0 spiro atoms. The number of nitrogens with one attached hydrogen (secondary N) is 1. The molecule has 2 aromatic rings. The van der Waals surface area contributed by atoms with Crippen molar-refractivity contribution < 1.29 is 0 Å². The van der Waals surface area contributed by atoms with Gasteiger partial charge in [0.1, 0.15) is 5.82 Å². The van der Waals surface area contributed by atoms with Crippen molar-refractivity contribution in [3.8, 4) is 0 Å². The standard InChI is InChI=1S/C18H25N3/c1-13(2)7-8-16-12-18-19-10-9-17(21(18)20-16)15-6-4-5-14(3)11-15/h4-6,11-13,17,19H,7-10H2,1-3H3. The lowest BCUT2D eigenvalue weighted by Crippen LogP contribution is -2.24. The number of benzene rings is 1. The van der Waals surface area contributed by atoms with Crippen LogP contribution >= 0.6 is 0 Å². The van der Waals surface area contributed by atoms with E-state index in [-0.39, 0.29) is 0 Å². The molecule has 0 amide bonds. The zero-order chi connectivity index (χ0) is 14.8. The molecule has 1 N–H and O–H groups in total. The molecule has 21 heavy (non-hydrogen) atoms. The highest BCUT2D eigenvalue weighted by molar-refractivity contribution is 5.42. The average Bonchev–Trinajstić information content (AvgIpc) is 2.88. The van der Waals surface area contributed by atoms with Gasteiger partial charge in [0, 0.05) is 12.6 Å². The lowest BCUT2D eigenvalue weighted by Gasteiger charge is -2.26. The Morgan fingerprint density at radius 3 is 2.95 bits per heavy atom. The predicted molar refractivity (Wildman–Crippen MR) is 87.8 cm³/mol. The molecule has 1 aromatic carbocycles. The highest BCUT2D eigenvalue weighted by atomic mass is 15.4. The molecule has 0 bridgehead atoms. The van der Waals surface area contributed by atoms with E-state index in [1.807, 2.05) is 0 Å². The maximum atomic E-state index is 4.86. The minimum Gasteiger partial charge on any atom is -0.370 e. The van der Waals surface area contributed by atoms with Crippen LogP contribution in [0.5, 0.6) is 0 Å². The summed E-state index contributed by atoms with van der Waals surface area (Å²) < 4.78 is 2.19. The highest BCUT2D eigenvalue weighted by Crippen LogP contribution is 2.30. The maximum Gasteiger partial charge on any atom is 0.125 e. The lowest BCUT2D eigenvalue weighted by atomic mass is 10.0. The van der Waals surface area contributed by atoms with Gasteiger partial charge in [-0.25, -0.2) is 4.68 Å². The van der Waals surface area contributed by atoms with Crippen LogP contribution in [0.3, 0.4) is 0 Å². The molecule has 1 aliphatic rings. The molecule has 1 aliphatic heterocycles. The molecule has 0 radical (unpaired) electrons. The van der Waals surface area contributed by atoms with E-state index in [1.54, 1.807) is 0 Å². The Balaban J connectivity index is 1.87. The molecule has 2 heterocycles. The van der Waals surface area contributed by atoms with Gasteiger partial charge in [0.2, 0.25) is 0 Å². The van der Waals surface area contributed by atoms with Gasteiger partial charge in [-0.05, 0) is 37.7 Å². The largest absolute Gasteiger partial charge is 0.370 e. The quantitative estimate of drug-likeness (QED) is 0.912. The van der Waals surface area contributed by atoms with E-state index in [9.17, 15) is 0 Å². The fourth-order valence-electron chi connectivity index (χ4n) is 3.02. The van der Waals surface area contributed by atoms with E-state index in [4.69, 9.17) is 5.10 Å². The van der Waals surface area contributed by atoms with Gasteiger partial charge < -0.3 is 5.32 Å². The van der Waals surface area contributed by atoms with Crippen molar-refractivity contribution in [3.05, 3.63) is 47.2 Å². The number of nitrogens with zero attached hydrogens (tertiary/aromatic N) is 2. The third kappa shape index (κ3) is 3.12. The molecule has 0 saturated heterocycles. The second-order valence-corrected chi connectivity index (χ2v) is 6.54. The number of hydrogen-bond donors (Lipinski definition) is 1. The summed E-state index contributed by atoms with van der Waals surface area (Å²) in [5.41, 5.74) is 3.90. The Hall–Kier alpha value is -1.77. The number of hydrogen-bond acceptors (Lipinski definition) is 2. The average molecular weight is 283 g/mol. The van der Waals surface area contributed by atoms with Crippen molar-refractivity contribution >= 4 is 5.82 Å². The first-order chi connectivity index (χ1) is 10.1. The van der Waals surface area contributed by atoms with Crippen LogP contribution in [0.2, 0.25) is 0 Å². The Morgan fingerprint density at radius 2 is 2.19 bits per heavy atom. The monoisotopic (exact) mass is 283 g/mol. The summed E-state index contributed by atoms with van der Waals surface area (Å²) in [5, 5.41) is 8.35. The van der Waals surface area contributed by atoms with Crippen LogP contribution in [0.4, 0.5) is 5.82 Å². The number of anilines is 1. The summed E-state index contributed by atoms with van der Waals surface area (Å²) in [5.74, 6) is 1.90. The zero-order valence-electron chi connectivity index (χ0n) is 13.3. The van der Waals surface area contributed by atoms with Crippen LogP contribution in [-0.4, -0.2) is 16.3 Å². The number of fused-ring (bicyclic) bond motifs is 1. The fourth-order valence-corrected chi connectivity index (χ4v) is 3.02. The van der Waals surface area contributed by atoms with Gasteiger partial charge >= 0.3 is 0 Å². The number of aromatic nitrogens is 2. The maximum absolute atomic E-state index is 4.86. The normalized spacial score (nSPS) is 17.6. The third-order valence-electron chi connectivity index (χ3n) is 4.21. The molecule has 1 unspecified atom stereocenters. The minimum absolute atomic E-state index is 0.369. The molecule has 0 fully saturated rings. The molecule has 3 heteroatoms. The Bertz CT molecular complexity index is 613. The van der Waals surface area contributed by atoms with Gasteiger partial charge in [-0.1, -0.05) is 43.7 Å². The number of aryl methyl sites for hydroxylation is 2. The molecule has 1 aromatic heterocycles. The summed E-state index contributed by atoms with van der Waals surface area (Å²) in [7, 11) is 0. The van der Waals surface area contributed by atoms with Crippen LogP contribution < -0.4 is 5.32 Å². The molecule has 1 atom stereocenters. The topological polar surface area (TPSA) is 29.9 Å². The highest BCUT2D eigenvalue weighted by Gasteiger charge is 2.23. The van der Waals surface area contributed by atoms with Gasteiger partial charge in [0.05, 0.1) is 11.7 Å². The molecule has 3 nitrogen and oxygen atoms in total. The Morgan fingerprint density at radius 1 is 1.33 bits per heavy atom. The van der Waals surface area contributed by atoms with E-state index in [2.05, 4.69) is 61.1 Å². The van der Waals surface area contributed by atoms with Crippen molar-refractivity contribution in [3.63, 3.8) is 0 Å². The van der Waals surface area contributed by atoms with Gasteiger partial charge in [0.15, 0.2) is 0 Å². The molecule has 3 rings (SSSR count). The SMILES string of the molecule is Cc1cccc(C2CCNc3cc(CCC(C)C)nn32)c1. The van der Waals surface area contributed by atoms with Crippen LogP contribution in [0.25, 0.3) is 0 Å². The van der Waals surface area contributed by atoms with E-state index < -0.39 is 0 Å². The first kappa shape index (κ1) is 14.2. The first-order valence-electron chi connectivity index (χ1n) is 8.02. The fraction of sp³-hybridized carbons (Fsp3) is 0.500. The van der Waals surface area contributed by atoms with Gasteiger partial charge in [-0.15, -0.1) is 0 Å². The van der Waals surface area contributed by atoms with Crippen molar-refractivity contribution in [2.45, 2.75) is 46.1 Å². The molecular weight excluding hydrogens is 258 g/mol.